The lowest BCUT2D eigenvalue weighted by atomic mass is 9.94. The van der Waals surface area contributed by atoms with Crippen molar-refractivity contribution in [2.45, 2.75) is 25.0 Å². The number of urea groups is 1. The molecule has 1 saturated heterocycles. The Morgan fingerprint density at radius 3 is 2.49 bits per heavy atom. The lowest BCUT2D eigenvalue weighted by Gasteiger charge is -2.21. The molecule has 8 nitrogen and oxygen atoms in total. The monoisotopic (exact) mass is 518 g/mol. The van der Waals surface area contributed by atoms with Gasteiger partial charge in [0.1, 0.15) is 5.82 Å². The van der Waals surface area contributed by atoms with Gasteiger partial charge < -0.3 is 15.4 Å². The van der Waals surface area contributed by atoms with Crippen molar-refractivity contribution in [3.8, 4) is 5.69 Å². The Hall–Kier alpha value is -2.62. The normalized spacial score (nSPS) is 18.9. The second-order valence-corrected chi connectivity index (χ2v) is 8.60. The van der Waals surface area contributed by atoms with Gasteiger partial charge in [0.25, 0.3) is 0 Å². The van der Waals surface area contributed by atoms with Crippen molar-refractivity contribution in [3.05, 3.63) is 77.5 Å². The number of ether oxygens (including phenoxy) is 1. The van der Waals surface area contributed by atoms with Gasteiger partial charge in [-0.15, -0.1) is 24.8 Å². The first-order valence-electron chi connectivity index (χ1n) is 11.4. The molecular formula is C25H32Cl2N6O2. The van der Waals surface area contributed by atoms with E-state index in [-0.39, 0.29) is 42.8 Å². The summed E-state index contributed by atoms with van der Waals surface area (Å²) < 4.78 is 7.10. The highest BCUT2D eigenvalue weighted by Crippen LogP contribution is 2.29. The molecule has 2 aromatic carbocycles. The zero-order valence-electron chi connectivity index (χ0n) is 19.6. The summed E-state index contributed by atoms with van der Waals surface area (Å²) in [6.07, 6.45) is 0. The molecule has 2 atom stereocenters. The number of methoxy groups -OCH3 is 1. The fraction of sp³-hybridized carbons (Fsp3) is 0.360. The maximum Gasteiger partial charge on any atom is 0.320 e. The Labute approximate surface area is 218 Å². The molecule has 3 aromatic rings. The summed E-state index contributed by atoms with van der Waals surface area (Å²) in [5.41, 5.74) is 4.18. The van der Waals surface area contributed by atoms with E-state index in [1.165, 1.54) is 5.56 Å². The molecule has 188 valence electrons. The number of nitrogens with zero attached hydrogens (tertiary/aromatic N) is 3. The van der Waals surface area contributed by atoms with Crippen molar-refractivity contribution in [2.24, 2.45) is 0 Å². The second-order valence-electron chi connectivity index (χ2n) is 8.60. The predicted molar refractivity (Wildman–Crippen MR) is 142 cm³/mol. The third kappa shape index (κ3) is 5.97. The van der Waals surface area contributed by atoms with Gasteiger partial charge in [-0.3, -0.25) is 10.2 Å². The number of benzene rings is 2. The molecule has 0 spiro atoms. The predicted octanol–water partition coefficient (Wildman–Crippen LogP) is 3.56. The first-order valence-corrected chi connectivity index (χ1v) is 11.4. The number of nitrogens with one attached hydrogen (secondary N) is 3. The summed E-state index contributed by atoms with van der Waals surface area (Å²) in [4.78, 5) is 15.6. The van der Waals surface area contributed by atoms with E-state index in [0.717, 1.165) is 42.4 Å². The van der Waals surface area contributed by atoms with Crippen LogP contribution in [0.1, 0.15) is 22.7 Å². The zero-order valence-corrected chi connectivity index (χ0v) is 21.3. The molecule has 3 N–H and O–H groups in total. The first kappa shape index (κ1) is 27.0. The number of para-hydroxylation sites is 1. The summed E-state index contributed by atoms with van der Waals surface area (Å²) in [5, 5.41) is 14.4. The molecule has 5 rings (SSSR count). The van der Waals surface area contributed by atoms with Crippen LogP contribution in [0.2, 0.25) is 0 Å². The number of carbonyl (C=O) groups excluding carboxylic acids is 1. The van der Waals surface area contributed by atoms with Gasteiger partial charge in [-0.05, 0) is 17.7 Å². The Kier molecular flexibility index (Phi) is 9.54. The number of aromatic nitrogens is 2. The topological polar surface area (TPSA) is 83.5 Å². The van der Waals surface area contributed by atoms with Gasteiger partial charge in [-0.25, -0.2) is 9.48 Å². The molecule has 2 amide bonds. The van der Waals surface area contributed by atoms with Crippen LogP contribution >= 0.6 is 24.8 Å². The Bertz CT molecular complexity index is 1100. The highest BCUT2D eigenvalue weighted by atomic mass is 35.5. The van der Waals surface area contributed by atoms with E-state index in [0.29, 0.717) is 19.7 Å². The van der Waals surface area contributed by atoms with Crippen molar-refractivity contribution in [1.29, 1.82) is 0 Å². The molecule has 0 bridgehead atoms. The number of rotatable bonds is 7. The largest absolute Gasteiger partial charge is 0.383 e. The molecule has 0 radical (unpaired) electrons. The molecule has 1 aromatic heterocycles. The maximum atomic E-state index is 13.2. The van der Waals surface area contributed by atoms with Crippen LogP contribution in [-0.4, -0.2) is 60.1 Å². The minimum atomic E-state index is -0.207. The van der Waals surface area contributed by atoms with Crippen molar-refractivity contribution < 1.29 is 9.53 Å². The van der Waals surface area contributed by atoms with E-state index < -0.39 is 0 Å². The lowest BCUT2D eigenvalue weighted by molar-refractivity contribution is 0.159. The number of hydrogen-bond acceptors (Lipinski definition) is 5. The lowest BCUT2D eigenvalue weighted by Crippen LogP contribution is -2.42. The fourth-order valence-corrected chi connectivity index (χ4v) is 4.80. The van der Waals surface area contributed by atoms with Crippen LogP contribution in [0.15, 0.2) is 60.7 Å². The van der Waals surface area contributed by atoms with E-state index in [1.807, 2.05) is 41.1 Å². The Morgan fingerprint density at radius 2 is 1.77 bits per heavy atom. The number of hydrogen-bond donors (Lipinski definition) is 3. The van der Waals surface area contributed by atoms with Crippen LogP contribution in [-0.2, 0) is 17.8 Å². The molecule has 10 heteroatoms. The van der Waals surface area contributed by atoms with Crippen molar-refractivity contribution in [1.82, 2.24) is 25.3 Å². The SMILES string of the molecule is COCCN1C[C@@H](NC(=O)Nc2c3c(nn2-c2ccccc2)CNC3)[C@H](c2ccccc2)C1.Cl.Cl. The number of fused-ring (bicyclic) bond motifs is 1. The Morgan fingerprint density at radius 1 is 1.06 bits per heavy atom. The number of likely N-dealkylation sites (tertiary alicyclic amines) is 1. The average molecular weight is 519 g/mol. The van der Waals surface area contributed by atoms with Gasteiger partial charge in [0.2, 0.25) is 0 Å². The quantitative estimate of drug-likeness (QED) is 0.445. The molecule has 0 aliphatic carbocycles. The maximum absolute atomic E-state index is 13.2. The molecule has 35 heavy (non-hydrogen) atoms. The molecule has 3 heterocycles. The third-order valence-electron chi connectivity index (χ3n) is 6.44. The van der Waals surface area contributed by atoms with Gasteiger partial charge in [0, 0.05) is 51.3 Å². The number of amides is 2. The summed E-state index contributed by atoms with van der Waals surface area (Å²) in [6, 6.07) is 20.1. The van der Waals surface area contributed by atoms with Crippen LogP contribution in [0.5, 0.6) is 0 Å². The summed E-state index contributed by atoms with van der Waals surface area (Å²) >= 11 is 0. The van der Waals surface area contributed by atoms with Crippen LogP contribution in [0, 0.1) is 0 Å². The molecular weight excluding hydrogens is 487 g/mol. The van der Waals surface area contributed by atoms with Gasteiger partial charge in [0.15, 0.2) is 0 Å². The van der Waals surface area contributed by atoms with E-state index in [9.17, 15) is 4.79 Å². The van der Waals surface area contributed by atoms with E-state index in [1.54, 1.807) is 7.11 Å². The smallest absolute Gasteiger partial charge is 0.320 e. The first-order chi connectivity index (χ1) is 16.2. The highest BCUT2D eigenvalue weighted by Gasteiger charge is 2.35. The van der Waals surface area contributed by atoms with Gasteiger partial charge in [-0.1, -0.05) is 48.5 Å². The molecule has 0 unspecified atom stereocenters. The molecule has 1 fully saturated rings. The average Bonchev–Trinajstić information content (AvgIpc) is 3.55. The second kappa shape index (κ2) is 12.4. The molecule has 2 aliphatic heterocycles. The fourth-order valence-electron chi connectivity index (χ4n) is 4.80. The van der Waals surface area contributed by atoms with E-state index in [4.69, 9.17) is 9.84 Å². The van der Waals surface area contributed by atoms with Gasteiger partial charge in [-0.2, -0.15) is 5.10 Å². The Balaban J connectivity index is 0.00000171. The standard InChI is InChI=1S/C25H30N6O2.2ClH/c1-33-13-12-30-16-21(18-8-4-2-5-9-18)23(17-30)27-25(32)28-24-20-14-26-15-22(20)29-31(24)19-10-6-3-7-11-19;;/h2-11,21,23,26H,12-17H2,1H3,(H2,27,28,32);2*1H/t21-,23+;;/m0../s1. The minimum Gasteiger partial charge on any atom is -0.383 e. The summed E-state index contributed by atoms with van der Waals surface area (Å²) in [5.74, 6) is 0.949. The van der Waals surface area contributed by atoms with Crippen LogP contribution in [0.25, 0.3) is 5.69 Å². The number of carbonyl (C=O) groups is 1. The molecule has 0 saturated carbocycles. The molecule has 2 aliphatic rings. The van der Waals surface area contributed by atoms with Gasteiger partial charge in [0.05, 0.1) is 24.0 Å². The van der Waals surface area contributed by atoms with Crippen molar-refractivity contribution in [3.63, 3.8) is 0 Å². The third-order valence-corrected chi connectivity index (χ3v) is 6.44. The van der Waals surface area contributed by atoms with Crippen molar-refractivity contribution >= 4 is 36.7 Å². The summed E-state index contributed by atoms with van der Waals surface area (Å²) in [7, 11) is 1.72. The van der Waals surface area contributed by atoms with E-state index in [2.05, 4.69) is 45.1 Å². The van der Waals surface area contributed by atoms with Crippen LogP contribution in [0.4, 0.5) is 10.6 Å². The van der Waals surface area contributed by atoms with Crippen LogP contribution in [0.3, 0.4) is 0 Å². The summed E-state index contributed by atoms with van der Waals surface area (Å²) in [6.45, 7) is 4.60. The van der Waals surface area contributed by atoms with Crippen molar-refractivity contribution in [2.75, 3.05) is 38.7 Å². The highest BCUT2D eigenvalue weighted by molar-refractivity contribution is 5.90. The number of halogens is 2. The van der Waals surface area contributed by atoms with Gasteiger partial charge >= 0.3 is 6.03 Å². The minimum absolute atomic E-state index is 0. The zero-order chi connectivity index (χ0) is 22.6. The number of anilines is 1. The van der Waals surface area contributed by atoms with Crippen LogP contribution < -0.4 is 16.0 Å². The van der Waals surface area contributed by atoms with E-state index >= 15 is 0 Å².